The normalized spacial score (nSPS) is 26.9. The lowest BCUT2D eigenvalue weighted by atomic mass is 10.2. The molecule has 2 heterocycles. The molecule has 2 rings (SSSR count). The zero-order valence-corrected chi connectivity index (χ0v) is 9.92. The van der Waals surface area contributed by atoms with Gasteiger partial charge in [-0.15, -0.1) is 0 Å². The van der Waals surface area contributed by atoms with Crippen LogP contribution in [-0.4, -0.2) is 38.6 Å². The molecule has 1 saturated heterocycles. The van der Waals surface area contributed by atoms with E-state index in [0.717, 1.165) is 0 Å². The van der Waals surface area contributed by atoms with E-state index in [1.165, 1.54) is 0 Å². The molecule has 0 amide bonds. The molecule has 7 nitrogen and oxygen atoms in total. The number of rotatable bonds is 2. The second kappa shape index (κ2) is 5.04. The number of H-pyrrole nitrogens is 1. The molecule has 1 aromatic heterocycles. The first-order valence-corrected chi connectivity index (χ1v) is 5.61. The highest BCUT2D eigenvalue weighted by Gasteiger charge is 2.41. The van der Waals surface area contributed by atoms with Gasteiger partial charge in [0.05, 0.1) is 12.7 Å². The third kappa shape index (κ3) is 2.62. The molecule has 0 spiro atoms. The van der Waals surface area contributed by atoms with Crippen molar-refractivity contribution in [3.63, 3.8) is 0 Å². The molecule has 1 aromatic rings. The largest absolute Gasteiger partial charge is 0.431 e. The highest BCUT2D eigenvalue weighted by Crippen LogP contribution is 2.33. The van der Waals surface area contributed by atoms with Crippen molar-refractivity contribution >= 4 is 0 Å². The molecule has 1 fully saturated rings. The van der Waals surface area contributed by atoms with Crippen LogP contribution in [0.5, 0.6) is 0 Å². The van der Waals surface area contributed by atoms with Gasteiger partial charge in [-0.1, -0.05) is 0 Å². The number of aromatic nitrogens is 2. The Labute approximate surface area is 109 Å². The maximum Gasteiger partial charge on any atom is 0.431 e. The predicted octanol–water partition coefficient (Wildman–Crippen LogP) is -0.804. The van der Waals surface area contributed by atoms with Gasteiger partial charge >= 0.3 is 11.9 Å². The van der Waals surface area contributed by atoms with E-state index in [1.807, 2.05) is 0 Å². The monoisotopic (exact) mass is 296 g/mol. The summed E-state index contributed by atoms with van der Waals surface area (Å²) in [4.78, 5) is 24.3. The molecule has 20 heavy (non-hydrogen) atoms. The van der Waals surface area contributed by atoms with Crippen molar-refractivity contribution in [2.75, 3.05) is 6.61 Å². The van der Waals surface area contributed by atoms with Gasteiger partial charge in [-0.3, -0.25) is 14.3 Å². The molecule has 3 atom stereocenters. The number of hydrogen-bond donors (Lipinski definition) is 3. The third-order valence-corrected chi connectivity index (χ3v) is 2.94. The molecule has 1 aliphatic rings. The number of hydrogen-bond acceptors (Lipinski definition) is 5. The molecule has 0 saturated carbocycles. The van der Waals surface area contributed by atoms with Gasteiger partial charge in [0, 0.05) is 12.5 Å². The number of ether oxygens (including phenoxy) is 1. The number of aliphatic hydroxyl groups is 2. The van der Waals surface area contributed by atoms with Gasteiger partial charge in [-0.05, 0) is 0 Å². The fraction of sp³-hybridized carbons (Fsp3) is 0.600. The standard InChI is InChI=1S/C10H11F3N2O5/c11-10(12,13)6-2-7(18)14-9(19)15(6)8-1-4(17)5(3-16)20-8/h2,4-5,8,16-17H,1,3H2,(H,14,18,19)/t4-,5+,8+/m0/s1. The summed E-state index contributed by atoms with van der Waals surface area (Å²) in [6.45, 7) is -0.600. The molecule has 0 unspecified atom stereocenters. The van der Waals surface area contributed by atoms with E-state index < -0.39 is 48.2 Å². The average molecular weight is 296 g/mol. The Morgan fingerprint density at radius 2 is 2.10 bits per heavy atom. The Bertz CT molecular complexity index is 608. The van der Waals surface area contributed by atoms with Crippen LogP contribution < -0.4 is 11.2 Å². The first-order valence-electron chi connectivity index (χ1n) is 5.61. The Morgan fingerprint density at radius 1 is 1.45 bits per heavy atom. The van der Waals surface area contributed by atoms with Crippen molar-refractivity contribution in [3.05, 3.63) is 32.6 Å². The maximum atomic E-state index is 12.9. The van der Waals surface area contributed by atoms with Crippen molar-refractivity contribution < 1.29 is 28.1 Å². The summed E-state index contributed by atoms with van der Waals surface area (Å²) in [7, 11) is 0. The van der Waals surface area contributed by atoms with Gasteiger partial charge in [0.2, 0.25) is 0 Å². The van der Waals surface area contributed by atoms with Crippen LogP contribution in [0.25, 0.3) is 0 Å². The lowest BCUT2D eigenvalue weighted by Gasteiger charge is -2.19. The topological polar surface area (TPSA) is 105 Å². The van der Waals surface area contributed by atoms with E-state index in [4.69, 9.17) is 9.84 Å². The smallest absolute Gasteiger partial charge is 0.394 e. The minimum absolute atomic E-state index is 0.222. The van der Waals surface area contributed by atoms with Crippen molar-refractivity contribution in [1.82, 2.24) is 9.55 Å². The van der Waals surface area contributed by atoms with Gasteiger partial charge in [-0.2, -0.15) is 13.2 Å². The van der Waals surface area contributed by atoms with E-state index in [2.05, 4.69) is 0 Å². The molecule has 0 aliphatic carbocycles. The Kier molecular flexibility index (Phi) is 3.71. The number of aliphatic hydroxyl groups excluding tert-OH is 2. The van der Waals surface area contributed by atoms with Gasteiger partial charge in [0.25, 0.3) is 5.56 Å². The molecule has 112 valence electrons. The first kappa shape index (κ1) is 14.8. The SMILES string of the molecule is O=c1cc(C(F)(F)F)n([C@H]2C[C@H](O)[C@@H](CO)O2)c(=O)[nH]1. The summed E-state index contributed by atoms with van der Waals surface area (Å²) >= 11 is 0. The minimum Gasteiger partial charge on any atom is -0.394 e. The lowest BCUT2D eigenvalue weighted by Crippen LogP contribution is -2.37. The predicted molar refractivity (Wildman–Crippen MR) is 57.9 cm³/mol. The van der Waals surface area contributed by atoms with Crippen molar-refractivity contribution in [2.45, 2.75) is 31.0 Å². The molecule has 0 aromatic carbocycles. The first-order chi connectivity index (χ1) is 9.24. The van der Waals surface area contributed by atoms with Crippen LogP contribution >= 0.6 is 0 Å². The lowest BCUT2D eigenvalue weighted by molar-refractivity contribution is -0.150. The zero-order valence-electron chi connectivity index (χ0n) is 9.92. The summed E-state index contributed by atoms with van der Waals surface area (Å²) < 4.78 is 43.8. The number of alkyl halides is 3. The highest BCUT2D eigenvalue weighted by molar-refractivity contribution is 5.07. The Balaban J connectivity index is 2.52. The summed E-state index contributed by atoms with van der Waals surface area (Å²) in [5.41, 5.74) is -3.95. The van der Waals surface area contributed by atoms with Crippen LogP contribution in [0.3, 0.4) is 0 Å². The third-order valence-electron chi connectivity index (χ3n) is 2.94. The van der Waals surface area contributed by atoms with E-state index in [-0.39, 0.29) is 17.1 Å². The van der Waals surface area contributed by atoms with Gasteiger partial charge in [-0.25, -0.2) is 4.79 Å². The maximum absolute atomic E-state index is 12.9. The van der Waals surface area contributed by atoms with Crippen molar-refractivity contribution in [1.29, 1.82) is 0 Å². The Morgan fingerprint density at radius 3 is 2.60 bits per heavy atom. The number of nitrogens with one attached hydrogen (secondary N) is 1. The molecular formula is C10H11F3N2O5. The minimum atomic E-state index is -4.93. The fourth-order valence-electron chi connectivity index (χ4n) is 2.05. The number of aromatic amines is 1. The van der Waals surface area contributed by atoms with Crippen molar-refractivity contribution in [3.8, 4) is 0 Å². The average Bonchev–Trinajstić information content (AvgIpc) is 2.68. The van der Waals surface area contributed by atoms with Crippen LogP contribution in [0.2, 0.25) is 0 Å². The van der Waals surface area contributed by atoms with Crippen LogP contribution in [0.4, 0.5) is 13.2 Å². The van der Waals surface area contributed by atoms with Gasteiger partial charge in [0.1, 0.15) is 18.0 Å². The summed E-state index contributed by atoms with van der Waals surface area (Å²) in [5.74, 6) is 0. The molecule has 1 aliphatic heterocycles. The zero-order chi connectivity index (χ0) is 15.1. The van der Waals surface area contributed by atoms with Crippen LogP contribution in [0.1, 0.15) is 18.3 Å². The second-order valence-electron chi connectivity index (χ2n) is 4.31. The van der Waals surface area contributed by atoms with E-state index in [0.29, 0.717) is 0 Å². The second-order valence-corrected chi connectivity index (χ2v) is 4.31. The molecule has 3 N–H and O–H groups in total. The fourth-order valence-corrected chi connectivity index (χ4v) is 2.05. The van der Waals surface area contributed by atoms with Crippen LogP contribution in [0, 0.1) is 0 Å². The highest BCUT2D eigenvalue weighted by atomic mass is 19.4. The number of nitrogens with zero attached hydrogens (tertiary/aromatic N) is 1. The quantitative estimate of drug-likeness (QED) is 0.662. The van der Waals surface area contributed by atoms with E-state index in [9.17, 15) is 27.9 Å². The van der Waals surface area contributed by atoms with Crippen molar-refractivity contribution in [2.24, 2.45) is 0 Å². The van der Waals surface area contributed by atoms with Crippen LogP contribution in [-0.2, 0) is 10.9 Å². The summed E-state index contributed by atoms with van der Waals surface area (Å²) in [6, 6.07) is 0.239. The van der Waals surface area contributed by atoms with E-state index >= 15 is 0 Å². The summed E-state index contributed by atoms with van der Waals surface area (Å²) in [6.07, 6.45) is -8.94. The number of halogens is 3. The Hall–Kier alpha value is -1.65. The molecule has 0 bridgehead atoms. The summed E-state index contributed by atoms with van der Waals surface area (Å²) in [5, 5.41) is 18.4. The molecule has 10 heteroatoms. The van der Waals surface area contributed by atoms with Gasteiger partial charge in [0.15, 0.2) is 0 Å². The van der Waals surface area contributed by atoms with Crippen LogP contribution in [0.15, 0.2) is 15.7 Å². The molecular weight excluding hydrogens is 285 g/mol. The van der Waals surface area contributed by atoms with E-state index in [1.54, 1.807) is 4.98 Å². The molecule has 0 radical (unpaired) electrons. The van der Waals surface area contributed by atoms with Gasteiger partial charge < -0.3 is 14.9 Å².